The number of alkyl halides is 15. The first-order valence-electron chi connectivity index (χ1n) is 16.3. The topological polar surface area (TPSA) is 7.12 Å². The van der Waals surface area contributed by atoms with Crippen molar-refractivity contribution in [1.29, 1.82) is 0 Å². The molecule has 17 heteroatoms. The van der Waals surface area contributed by atoms with Gasteiger partial charge in [-0.25, -0.2) is 4.57 Å². The number of nitrogens with zero attached hydrogens (tertiary/aromatic N) is 2. The largest absolute Gasteiger partial charge is 0.460 e. The predicted molar refractivity (Wildman–Crippen MR) is 163 cm³/mol. The maximum atomic E-state index is 14.2. The molecule has 2 aromatic rings. The average Bonchev–Trinajstić information content (AvgIpc) is 3.05. The standard InChI is InChI=1S/C34H40F15N2/c1-3-5-7-9-20-51(21-10-8-6-4-2)27-15-13-25(14-16-27)11-12-26-17-22-50(23-18-26)24-19-28(35,36)29(37,38)30(39,40)31(41,42)32(43,44)33(45,46)34(47,48)49/h11-18,22-23H,3-10,19-21,24H2,1-2H3/q+1. The molecular formula is C34H40F15N2+. The maximum Gasteiger partial charge on any atom is 0.460 e. The second kappa shape index (κ2) is 17.1. The Morgan fingerprint density at radius 1 is 0.510 bits per heavy atom. The monoisotopic (exact) mass is 761 g/mol. The van der Waals surface area contributed by atoms with Gasteiger partial charge in [-0.15, -0.1) is 0 Å². The number of unbranched alkanes of at least 4 members (excludes halogenated alkanes) is 6. The molecule has 1 aromatic carbocycles. The van der Waals surface area contributed by atoms with Crippen molar-refractivity contribution >= 4 is 17.8 Å². The van der Waals surface area contributed by atoms with Crippen LogP contribution in [0.1, 0.15) is 82.8 Å². The van der Waals surface area contributed by atoms with E-state index < -0.39 is 54.7 Å². The first-order valence-corrected chi connectivity index (χ1v) is 16.3. The van der Waals surface area contributed by atoms with Gasteiger partial charge in [0.2, 0.25) is 0 Å². The van der Waals surface area contributed by atoms with Crippen LogP contribution in [0.3, 0.4) is 0 Å². The van der Waals surface area contributed by atoms with Gasteiger partial charge >= 0.3 is 41.7 Å². The molecule has 1 aromatic heterocycles. The molecule has 0 bridgehead atoms. The fourth-order valence-corrected chi connectivity index (χ4v) is 4.97. The Kier molecular flexibility index (Phi) is 14.8. The van der Waals surface area contributed by atoms with E-state index in [0.717, 1.165) is 88.1 Å². The summed E-state index contributed by atoms with van der Waals surface area (Å²) in [6, 6.07) is 10.2. The van der Waals surface area contributed by atoms with E-state index in [1.807, 2.05) is 24.3 Å². The molecule has 0 aliphatic carbocycles. The molecule has 0 saturated carbocycles. The van der Waals surface area contributed by atoms with E-state index in [4.69, 9.17) is 0 Å². The van der Waals surface area contributed by atoms with E-state index in [-0.39, 0.29) is 0 Å². The van der Waals surface area contributed by atoms with Crippen LogP contribution in [0.15, 0.2) is 48.8 Å². The normalized spacial score (nSPS) is 14.1. The molecule has 290 valence electrons. The summed E-state index contributed by atoms with van der Waals surface area (Å²) in [6.45, 7) is 4.80. The minimum atomic E-state index is -8.28. The Bertz CT molecular complexity index is 1360. The summed E-state index contributed by atoms with van der Waals surface area (Å²) in [5.41, 5.74) is 2.28. The molecule has 0 amide bonds. The van der Waals surface area contributed by atoms with E-state index in [2.05, 4.69) is 18.7 Å². The van der Waals surface area contributed by atoms with Crippen LogP contribution in [0.5, 0.6) is 0 Å². The fourth-order valence-electron chi connectivity index (χ4n) is 4.97. The van der Waals surface area contributed by atoms with Crippen LogP contribution in [0.25, 0.3) is 12.2 Å². The third-order valence-electron chi connectivity index (χ3n) is 8.28. The number of hydrogen-bond donors (Lipinski definition) is 0. The van der Waals surface area contributed by atoms with Gasteiger partial charge in [0, 0.05) is 30.9 Å². The van der Waals surface area contributed by atoms with Crippen molar-refractivity contribution in [3.63, 3.8) is 0 Å². The molecule has 0 unspecified atom stereocenters. The third kappa shape index (κ3) is 9.85. The highest BCUT2D eigenvalue weighted by atomic mass is 19.4. The number of hydrogen-bond acceptors (Lipinski definition) is 1. The highest BCUT2D eigenvalue weighted by Crippen LogP contribution is 2.62. The number of rotatable bonds is 21. The van der Waals surface area contributed by atoms with Gasteiger partial charge in [0.1, 0.15) is 0 Å². The summed E-state index contributed by atoms with van der Waals surface area (Å²) < 4.78 is 202. The van der Waals surface area contributed by atoms with E-state index in [1.165, 1.54) is 12.1 Å². The van der Waals surface area contributed by atoms with E-state index >= 15 is 0 Å². The van der Waals surface area contributed by atoms with E-state index in [1.54, 1.807) is 12.2 Å². The second-order valence-electron chi connectivity index (χ2n) is 12.2. The van der Waals surface area contributed by atoms with Crippen molar-refractivity contribution in [2.24, 2.45) is 0 Å². The Labute approximate surface area is 286 Å². The molecule has 0 aliphatic heterocycles. The van der Waals surface area contributed by atoms with E-state index in [9.17, 15) is 65.9 Å². The summed E-state index contributed by atoms with van der Waals surface area (Å²) >= 11 is 0. The Morgan fingerprint density at radius 3 is 1.35 bits per heavy atom. The van der Waals surface area contributed by atoms with Crippen molar-refractivity contribution < 1.29 is 70.4 Å². The van der Waals surface area contributed by atoms with Crippen LogP contribution in [-0.2, 0) is 6.54 Å². The smallest absolute Gasteiger partial charge is 0.372 e. The summed E-state index contributed by atoms with van der Waals surface area (Å²) in [7, 11) is 0. The molecule has 0 N–H and O–H groups in total. The fraction of sp³-hybridized carbons (Fsp3) is 0.618. The van der Waals surface area contributed by atoms with Gasteiger partial charge in [0.25, 0.3) is 0 Å². The van der Waals surface area contributed by atoms with Crippen LogP contribution in [0, 0.1) is 0 Å². The average molecular weight is 762 g/mol. The summed E-state index contributed by atoms with van der Waals surface area (Å²) in [4.78, 5) is 2.34. The zero-order valence-corrected chi connectivity index (χ0v) is 27.8. The quantitative estimate of drug-likeness (QED) is 0.0698. The molecule has 0 radical (unpaired) electrons. The van der Waals surface area contributed by atoms with Crippen molar-refractivity contribution in [2.45, 2.75) is 120 Å². The Morgan fingerprint density at radius 2 is 0.922 bits per heavy atom. The predicted octanol–water partition coefficient (Wildman–Crippen LogP) is 11.9. The summed E-state index contributed by atoms with van der Waals surface area (Å²) in [5.74, 6) is -46.4. The summed E-state index contributed by atoms with van der Waals surface area (Å²) in [6.07, 6.45) is 4.20. The van der Waals surface area contributed by atoms with Crippen LogP contribution in [0.2, 0.25) is 0 Å². The van der Waals surface area contributed by atoms with Gasteiger partial charge in [0.15, 0.2) is 18.9 Å². The molecule has 2 rings (SSSR count). The molecule has 2 nitrogen and oxygen atoms in total. The lowest BCUT2D eigenvalue weighted by Gasteiger charge is -2.41. The molecule has 0 atom stereocenters. The zero-order valence-electron chi connectivity index (χ0n) is 27.8. The zero-order chi connectivity index (χ0) is 38.9. The van der Waals surface area contributed by atoms with Gasteiger partial charge in [-0.1, -0.05) is 76.7 Å². The highest BCUT2D eigenvalue weighted by molar-refractivity contribution is 5.70. The lowest BCUT2D eigenvalue weighted by Crippen LogP contribution is -2.72. The lowest BCUT2D eigenvalue weighted by molar-refractivity contribution is -0.700. The third-order valence-corrected chi connectivity index (χ3v) is 8.28. The molecule has 0 saturated heterocycles. The van der Waals surface area contributed by atoms with Crippen molar-refractivity contribution in [2.75, 3.05) is 18.0 Å². The highest BCUT2D eigenvalue weighted by Gasteiger charge is 2.93. The number of aromatic nitrogens is 1. The molecule has 1 heterocycles. The number of anilines is 1. The summed E-state index contributed by atoms with van der Waals surface area (Å²) in [5, 5.41) is 0. The SMILES string of the molecule is CCCCCCN(CCCCCC)c1ccc(/C=C/c2cc[n+](CCC(F)(F)C(F)(F)C(F)(F)C(F)(F)C(F)(F)C(F)(F)C(F)(F)F)cc2)cc1. The maximum absolute atomic E-state index is 14.2. The Hall–Kier alpha value is -3.14. The van der Waals surface area contributed by atoms with Crippen LogP contribution in [0.4, 0.5) is 71.5 Å². The van der Waals surface area contributed by atoms with Gasteiger partial charge in [-0.05, 0) is 36.1 Å². The minimum Gasteiger partial charge on any atom is -0.372 e. The number of pyridine rings is 1. The lowest BCUT2D eigenvalue weighted by atomic mass is 9.90. The van der Waals surface area contributed by atoms with Crippen molar-refractivity contribution in [1.82, 2.24) is 0 Å². The van der Waals surface area contributed by atoms with Crippen LogP contribution in [-0.4, -0.2) is 54.8 Å². The molecule has 0 aliphatic rings. The first-order chi connectivity index (χ1) is 23.4. The van der Waals surface area contributed by atoms with E-state index in [0.29, 0.717) is 10.1 Å². The number of aryl methyl sites for hydroxylation is 1. The molecule has 51 heavy (non-hydrogen) atoms. The Balaban J connectivity index is 2.12. The van der Waals surface area contributed by atoms with Crippen LogP contribution >= 0.6 is 0 Å². The van der Waals surface area contributed by atoms with Crippen LogP contribution < -0.4 is 9.47 Å². The minimum absolute atomic E-state index is 0.444. The molecular weight excluding hydrogens is 721 g/mol. The van der Waals surface area contributed by atoms with Gasteiger partial charge < -0.3 is 4.90 Å². The van der Waals surface area contributed by atoms with Crippen molar-refractivity contribution in [3.8, 4) is 0 Å². The second-order valence-corrected chi connectivity index (χ2v) is 12.2. The van der Waals surface area contributed by atoms with Crippen molar-refractivity contribution in [3.05, 3.63) is 59.9 Å². The number of halogens is 15. The van der Waals surface area contributed by atoms with Gasteiger partial charge in [-0.2, -0.15) is 65.9 Å². The molecule has 0 spiro atoms. The molecule has 0 fully saturated rings. The first kappa shape index (κ1) is 44.0. The van der Waals surface area contributed by atoms with Gasteiger partial charge in [-0.3, -0.25) is 0 Å². The van der Waals surface area contributed by atoms with Gasteiger partial charge in [0.05, 0.1) is 6.42 Å². The number of benzene rings is 1.